The van der Waals surface area contributed by atoms with Crippen LogP contribution in [0.25, 0.3) is 0 Å². The minimum atomic E-state index is 0. The maximum atomic E-state index is 9.10. The van der Waals surface area contributed by atoms with Crippen molar-refractivity contribution in [3.05, 3.63) is 0 Å². The van der Waals surface area contributed by atoms with E-state index in [1.807, 2.05) is 0 Å². The Labute approximate surface area is 80.4 Å². The van der Waals surface area contributed by atoms with Crippen LogP contribution in [-0.4, -0.2) is 36.2 Å². The van der Waals surface area contributed by atoms with Crippen LogP contribution in [0.1, 0.15) is 19.3 Å². The Morgan fingerprint density at radius 2 is 2.17 bits per heavy atom. The van der Waals surface area contributed by atoms with Gasteiger partial charge in [0.05, 0.1) is 0 Å². The summed E-state index contributed by atoms with van der Waals surface area (Å²) in [6.07, 6.45) is 3.98. The van der Waals surface area contributed by atoms with Gasteiger partial charge in [-0.1, -0.05) is 0 Å². The molecule has 2 bridgehead atoms. The van der Waals surface area contributed by atoms with Crippen molar-refractivity contribution < 1.29 is 5.11 Å². The number of halogens is 1. The average Bonchev–Trinajstić information content (AvgIpc) is 2.04. The summed E-state index contributed by atoms with van der Waals surface area (Å²) in [5.41, 5.74) is 0. The Bertz CT molecular complexity index is 153. The third-order valence-corrected chi connectivity index (χ3v) is 3.40. The minimum Gasteiger partial charge on any atom is -0.396 e. The quantitative estimate of drug-likeness (QED) is 0.672. The summed E-state index contributed by atoms with van der Waals surface area (Å²) in [5, 5.41) is 9.10. The lowest BCUT2D eigenvalue weighted by atomic mass is 9.73. The lowest BCUT2D eigenvalue weighted by Gasteiger charge is -2.48. The first kappa shape index (κ1) is 10.3. The SMILES string of the molecule is CN1CC2CCC1C(CO)C2.Cl. The summed E-state index contributed by atoms with van der Waals surface area (Å²) in [4.78, 5) is 2.43. The molecule has 1 saturated carbocycles. The van der Waals surface area contributed by atoms with Gasteiger partial charge in [0.1, 0.15) is 0 Å². The minimum absolute atomic E-state index is 0. The predicted octanol–water partition coefficient (Wildman–Crippen LogP) is 1.13. The van der Waals surface area contributed by atoms with Gasteiger partial charge in [0, 0.05) is 19.2 Å². The molecule has 0 radical (unpaired) electrons. The topological polar surface area (TPSA) is 23.5 Å². The smallest absolute Gasteiger partial charge is 0.0474 e. The summed E-state index contributed by atoms with van der Waals surface area (Å²) in [6, 6.07) is 0.685. The van der Waals surface area contributed by atoms with Gasteiger partial charge < -0.3 is 10.0 Å². The van der Waals surface area contributed by atoms with Gasteiger partial charge >= 0.3 is 0 Å². The maximum absolute atomic E-state index is 9.10. The van der Waals surface area contributed by atoms with E-state index in [-0.39, 0.29) is 12.4 Å². The molecule has 3 rings (SSSR count). The highest BCUT2D eigenvalue weighted by atomic mass is 35.5. The molecule has 3 heteroatoms. The van der Waals surface area contributed by atoms with E-state index in [1.54, 1.807) is 0 Å². The number of rotatable bonds is 1. The Balaban J connectivity index is 0.000000720. The highest BCUT2D eigenvalue weighted by molar-refractivity contribution is 5.85. The number of piperidine rings is 2. The molecule has 0 aromatic carbocycles. The molecule has 3 aliphatic rings. The third-order valence-electron chi connectivity index (χ3n) is 3.40. The van der Waals surface area contributed by atoms with Crippen LogP contribution in [0.3, 0.4) is 0 Å². The largest absolute Gasteiger partial charge is 0.396 e. The maximum Gasteiger partial charge on any atom is 0.0474 e. The molecule has 2 saturated heterocycles. The zero-order chi connectivity index (χ0) is 7.84. The number of hydrogen-bond donors (Lipinski definition) is 1. The second-order valence-corrected chi connectivity index (χ2v) is 4.13. The monoisotopic (exact) mass is 191 g/mol. The van der Waals surface area contributed by atoms with Gasteiger partial charge in [-0.25, -0.2) is 0 Å². The van der Waals surface area contributed by atoms with Crippen LogP contribution in [0, 0.1) is 11.8 Å². The second kappa shape index (κ2) is 3.95. The van der Waals surface area contributed by atoms with E-state index in [9.17, 15) is 0 Å². The van der Waals surface area contributed by atoms with Crippen molar-refractivity contribution in [1.82, 2.24) is 4.90 Å². The molecule has 2 nitrogen and oxygen atoms in total. The molecular formula is C9H18ClNO. The zero-order valence-electron chi connectivity index (χ0n) is 7.57. The van der Waals surface area contributed by atoms with E-state index in [4.69, 9.17) is 5.11 Å². The van der Waals surface area contributed by atoms with Crippen molar-refractivity contribution >= 4 is 12.4 Å². The Morgan fingerprint density at radius 1 is 1.42 bits per heavy atom. The number of aliphatic hydroxyl groups excluding tert-OH is 1. The van der Waals surface area contributed by atoms with E-state index >= 15 is 0 Å². The molecule has 0 aromatic heterocycles. The number of fused-ring (bicyclic) bond motifs is 3. The zero-order valence-corrected chi connectivity index (χ0v) is 8.39. The molecule has 2 aliphatic heterocycles. The number of hydrogen-bond acceptors (Lipinski definition) is 2. The molecule has 0 spiro atoms. The van der Waals surface area contributed by atoms with Crippen LogP contribution in [0.2, 0.25) is 0 Å². The Hall–Kier alpha value is 0.210. The fourth-order valence-electron chi connectivity index (χ4n) is 2.83. The van der Waals surface area contributed by atoms with Crippen LogP contribution in [0.5, 0.6) is 0 Å². The molecule has 0 aromatic rings. The van der Waals surface area contributed by atoms with Crippen molar-refractivity contribution in [1.29, 1.82) is 0 Å². The summed E-state index contributed by atoms with van der Waals surface area (Å²) < 4.78 is 0. The lowest BCUT2D eigenvalue weighted by Crippen LogP contribution is -2.52. The summed E-state index contributed by atoms with van der Waals surface area (Å²) in [6.45, 7) is 1.66. The average molecular weight is 192 g/mol. The standard InChI is InChI=1S/C9H17NO.ClH/c1-10-5-7-2-3-9(10)8(4-7)6-11;/h7-9,11H,2-6H2,1H3;1H. The molecule has 3 fully saturated rings. The molecule has 2 heterocycles. The van der Waals surface area contributed by atoms with Crippen molar-refractivity contribution in [2.45, 2.75) is 25.3 Å². The molecule has 1 aliphatic carbocycles. The third kappa shape index (κ3) is 1.61. The van der Waals surface area contributed by atoms with Gasteiger partial charge in [0.2, 0.25) is 0 Å². The van der Waals surface area contributed by atoms with Gasteiger partial charge in [-0.05, 0) is 38.1 Å². The van der Waals surface area contributed by atoms with Crippen LogP contribution in [-0.2, 0) is 0 Å². The van der Waals surface area contributed by atoms with Gasteiger partial charge in [-0.15, -0.1) is 12.4 Å². The molecule has 3 atom stereocenters. The van der Waals surface area contributed by atoms with Crippen LogP contribution in [0.15, 0.2) is 0 Å². The number of nitrogens with zero attached hydrogens (tertiary/aromatic N) is 1. The molecular weight excluding hydrogens is 174 g/mol. The second-order valence-electron chi connectivity index (χ2n) is 4.13. The first-order chi connectivity index (χ1) is 5.31. The molecule has 3 unspecified atom stereocenters. The molecule has 1 N–H and O–H groups in total. The van der Waals surface area contributed by atoms with E-state index in [0.717, 1.165) is 5.92 Å². The molecule has 0 amide bonds. The Morgan fingerprint density at radius 3 is 2.58 bits per heavy atom. The van der Waals surface area contributed by atoms with E-state index < -0.39 is 0 Å². The normalized spacial score (nSPS) is 41.0. The van der Waals surface area contributed by atoms with Crippen LogP contribution >= 0.6 is 12.4 Å². The van der Waals surface area contributed by atoms with E-state index in [2.05, 4.69) is 11.9 Å². The fourth-order valence-corrected chi connectivity index (χ4v) is 2.83. The lowest BCUT2D eigenvalue weighted by molar-refractivity contribution is -0.00461. The van der Waals surface area contributed by atoms with Crippen molar-refractivity contribution in [2.24, 2.45) is 11.8 Å². The number of aliphatic hydroxyl groups is 1. The molecule has 72 valence electrons. The van der Waals surface area contributed by atoms with Crippen LogP contribution < -0.4 is 0 Å². The van der Waals surface area contributed by atoms with Gasteiger partial charge in [0.15, 0.2) is 0 Å². The first-order valence-electron chi connectivity index (χ1n) is 4.62. The van der Waals surface area contributed by atoms with Crippen LogP contribution in [0.4, 0.5) is 0 Å². The highest BCUT2D eigenvalue weighted by Gasteiger charge is 2.38. The van der Waals surface area contributed by atoms with E-state index in [1.165, 1.54) is 25.8 Å². The summed E-state index contributed by atoms with van der Waals surface area (Å²) in [5.74, 6) is 1.45. The Kier molecular flexibility index (Phi) is 3.38. The van der Waals surface area contributed by atoms with E-state index in [0.29, 0.717) is 18.6 Å². The van der Waals surface area contributed by atoms with Crippen molar-refractivity contribution in [2.75, 3.05) is 20.2 Å². The predicted molar refractivity (Wildman–Crippen MR) is 51.6 cm³/mol. The van der Waals surface area contributed by atoms with Gasteiger partial charge in [0.25, 0.3) is 0 Å². The summed E-state index contributed by atoms with van der Waals surface area (Å²) >= 11 is 0. The van der Waals surface area contributed by atoms with Gasteiger partial charge in [-0.3, -0.25) is 0 Å². The van der Waals surface area contributed by atoms with Gasteiger partial charge in [-0.2, -0.15) is 0 Å². The highest BCUT2D eigenvalue weighted by Crippen LogP contribution is 2.37. The summed E-state index contributed by atoms with van der Waals surface area (Å²) in [7, 11) is 2.19. The first-order valence-corrected chi connectivity index (χ1v) is 4.62. The van der Waals surface area contributed by atoms with Crippen molar-refractivity contribution in [3.63, 3.8) is 0 Å². The fraction of sp³-hybridized carbons (Fsp3) is 1.00. The molecule has 12 heavy (non-hydrogen) atoms. The van der Waals surface area contributed by atoms with Crippen molar-refractivity contribution in [3.8, 4) is 0 Å².